The van der Waals surface area contributed by atoms with Crippen LogP contribution in [0.4, 0.5) is 5.69 Å². The Hall–Kier alpha value is -1.51. The maximum absolute atomic E-state index is 12.4. The van der Waals surface area contributed by atoms with Gasteiger partial charge in [0, 0.05) is 19.3 Å². The van der Waals surface area contributed by atoms with Crippen molar-refractivity contribution in [3.63, 3.8) is 0 Å². The van der Waals surface area contributed by atoms with E-state index < -0.39 is 0 Å². The average molecular weight is 274 g/mol. The molecule has 1 aromatic carbocycles. The number of rotatable bonds is 4. The van der Waals surface area contributed by atoms with Crippen molar-refractivity contribution in [2.45, 2.75) is 39.5 Å². The number of anilines is 1. The first-order valence-electron chi connectivity index (χ1n) is 7.68. The molecule has 20 heavy (non-hydrogen) atoms. The van der Waals surface area contributed by atoms with E-state index in [1.807, 2.05) is 32.2 Å². The highest BCUT2D eigenvalue weighted by Crippen LogP contribution is 2.29. The number of benzene rings is 1. The smallest absolute Gasteiger partial charge is 0.253 e. The molecule has 3 heteroatoms. The minimum Gasteiger partial charge on any atom is -0.387 e. The molecule has 1 aliphatic carbocycles. The van der Waals surface area contributed by atoms with Crippen LogP contribution in [-0.4, -0.2) is 19.5 Å². The quantitative estimate of drug-likeness (QED) is 0.881. The van der Waals surface area contributed by atoms with Gasteiger partial charge in [-0.15, -0.1) is 0 Å². The molecule has 2 N–H and O–H groups in total. The fourth-order valence-electron chi connectivity index (χ4n) is 3.08. The first kappa shape index (κ1) is 14.9. The van der Waals surface area contributed by atoms with Gasteiger partial charge in [-0.2, -0.15) is 0 Å². The Labute approximate surface area is 122 Å². The van der Waals surface area contributed by atoms with Gasteiger partial charge in [0.15, 0.2) is 0 Å². The van der Waals surface area contributed by atoms with Crippen LogP contribution in [0.5, 0.6) is 0 Å². The highest BCUT2D eigenvalue weighted by Gasteiger charge is 2.22. The van der Waals surface area contributed by atoms with E-state index in [-0.39, 0.29) is 5.91 Å². The lowest BCUT2D eigenvalue weighted by atomic mass is 9.80. The lowest BCUT2D eigenvalue weighted by Gasteiger charge is -2.28. The number of hydrogen-bond donors (Lipinski definition) is 2. The van der Waals surface area contributed by atoms with Gasteiger partial charge in [0.2, 0.25) is 0 Å². The van der Waals surface area contributed by atoms with Crippen molar-refractivity contribution in [3.8, 4) is 0 Å². The van der Waals surface area contributed by atoms with Gasteiger partial charge in [-0.05, 0) is 37.3 Å². The monoisotopic (exact) mass is 274 g/mol. The second-order valence-electron chi connectivity index (χ2n) is 6.03. The van der Waals surface area contributed by atoms with Crippen LogP contribution in [0.3, 0.4) is 0 Å². The lowest BCUT2D eigenvalue weighted by molar-refractivity contribution is 0.0937. The van der Waals surface area contributed by atoms with Crippen LogP contribution in [0.15, 0.2) is 18.2 Å². The van der Waals surface area contributed by atoms with Crippen molar-refractivity contribution in [3.05, 3.63) is 29.3 Å². The fraction of sp³-hybridized carbons (Fsp3) is 0.588. The van der Waals surface area contributed by atoms with Crippen molar-refractivity contribution in [1.82, 2.24) is 5.32 Å². The van der Waals surface area contributed by atoms with Crippen LogP contribution >= 0.6 is 0 Å². The van der Waals surface area contributed by atoms with Gasteiger partial charge in [0.05, 0.1) is 5.56 Å². The summed E-state index contributed by atoms with van der Waals surface area (Å²) >= 11 is 0. The largest absolute Gasteiger partial charge is 0.387 e. The van der Waals surface area contributed by atoms with E-state index in [0.29, 0.717) is 5.92 Å². The van der Waals surface area contributed by atoms with E-state index in [9.17, 15) is 4.79 Å². The van der Waals surface area contributed by atoms with Gasteiger partial charge in [-0.25, -0.2) is 0 Å². The van der Waals surface area contributed by atoms with Gasteiger partial charge in [-0.1, -0.05) is 37.8 Å². The topological polar surface area (TPSA) is 41.1 Å². The van der Waals surface area contributed by atoms with Crippen molar-refractivity contribution >= 4 is 11.6 Å². The van der Waals surface area contributed by atoms with E-state index in [4.69, 9.17) is 0 Å². The van der Waals surface area contributed by atoms with Gasteiger partial charge >= 0.3 is 0 Å². The third-order valence-electron chi connectivity index (χ3n) is 4.50. The normalized spacial score (nSPS) is 22.4. The Morgan fingerprint density at radius 1 is 1.30 bits per heavy atom. The lowest BCUT2D eigenvalue weighted by Crippen LogP contribution is -2.33. The molecule has 1 fully saturated rings. The van der Waals surface area contributed by atoms with Crippen LogP contribution in [-0.2, 0) is 0 Å². The van der Waals surface area contributed by atoms with Crippen LogP contribution in [0.25, 0.3) is 0 Å². The first-order valence-corrected chi connectivity index (χ1v) is 7.68. The predicted octanol–water partition coefficient (Wildman–Crippen LogP) is 3.59. The summed E-state index contributed by atoms with van der Waals surface area (Å²) < 4.78 is 0. The molecule has 0 saturated heterocycles. The maximum atomic E-state index is 12.4. The van der Waals surface area contributed by atoms with Gasteiger partial charge in [-0.3, -0.25) is 4.79 Å². The molecular formula is C17H26N2O. The Balaban J connectivity index is 1.99. The molecule has 1 amide bonds. The van der Waals surface area contributed by atoms with E-state index in [0.717, 1.165) is 29.3 Å². The molecular weight excluding hydrogens is 248 g/mol. The van der Waals surface area contributed by atoms with E-state index in [1.165, 1.54) is 25.7 Å². The summed E-state index contributed by atoms with van der Waals surface area (Å²) in [7, 11) is 1.85. The summed E-state index contributed by atoms with van der Waals surface area (Å²) in [5, 5.41) is 6.21. The number of nitrogens with one attached hydrogen (secondary N) is 2. The standard InChI is InChI=1S/C17H26N2O/c1-12-8-9-16(18-3)15(10-12)17(20)19-11-14-7-5-4-6-13(14)2/h8-10,13-14,18H,4-7,11H2,1-3H3,(H,19,20). The minimum absolute atomic E-state index is 0.0378. The molecule has 0 bridgehead atoms. The zero-order valence-electron chi connectivity index (χ0n) is 12.8. The average Bonchev–Trinajstić information content (AvgIpc) is 2.46. The molecule has 2 rings (SSSR count). The van der Waals surface area contributed by atoms with Crippen molar-refractivity contribution in [2.75, 3.05) is 18.9 Å². The van der Waals surface area contributed by atoms with E-state index in [1.54, 1.807) is 0 Å². The molecule has 0 radical (unpaired) electrons. The summed E-state index contributed by atoms with van der Waals surface area (Å²) in [6, 6.07) is 5.94. The zero-order chi connectivity index (χ0) is 14.5. The van der Waals surface area contributed by atoms with Crippen LogP contribution < -0.4 is 10.6 Å². The van der Waals surface area contributed by atoms with Crippen LogP contribution in [0, 0.1) is 18.8 Å². The molecule has 0 spiro atoms. The number of aryl methyl sites for hydroxylation is 1. The summed E-state index contributed by atoms with van der Waals surface area (Å²) in [4.78, 5) is 12.4. The fourth-order valence-corrected chi connectivity index (χ4v) is 3.08. The van der Waals surface area contributed by atoms with Gasteiger partial charge in [0.1, 0.15) is 0 Å². The van der Waals surface area contributed by atoms with Crippen LogP contribution in [0.1, 0.15) is 48.5 Å². The van der Waals surface area contributed by atoms with E-state index in [2.05, 4.69) is 17.6 Å². The number of amides is 1. The van der Waals surface area contributed by atoms with Gasteiger partial charge in [0.25, 0.3) is 5.91 Å². The highest BCUT2D eigenvalue weighted by molar-refractivity contribution is 5.99. The second kappa shape index (κ2) is 6.78. The van der Waals surface area contributed by atoms with Crippen molar-refractivity contribution in [2.24, 2.45) is 11.8 Å². The minimum atomic E-state index is 0.0378. The third kappa shape index (κ3) is 3.53. The summed E-state index contributed by atoms with van der Waals surface area (Å²) in [6.07, 6.45) is 5.19. The summed E-state index contributed by atoms with van der Waals surface area (Å²) in [5.74, 6) is 1.40. The van der Waals surface area contributed by atoms with Crippen molar-refractivity contribution in [1.29, 1.82) is 0 Å². The van der Waals surface area contributed by atoms with Gasteiger partial charge < -0.3 is 10.6 Å². The molecule has 1 saturated carbocycles. The molecule has 1 aliphatic rings. The zero-order valence-corrected chi connectivity index (χ0v) is 12.8. The second-order valence-corrected chi connectivity index (χ2v) is 6.03. The predicted molar refractivity (Wildman–Crippen MR) is 84.2 cm³/mol. The number of carbonyl (C=O) groups excluding carboxylic acids is 1. The molecule has 0 aliphatic heterocycles. The molecule has 1 aromatic rings. The van der Waals surface area contributed by atoms with Crippen molar-refractivity contribution < 1.29 is 4.79 Å². The molecule has 0 heterocycles. The molecule has 3 nitrogen and oxygen atoms in total. The highest BCUT2D eigenvalue weighted by atomic mass is 16.1. The molecule has 0 aromatic heterocycles. The molecule has 2 atom stereocenters. The Morgan fingerprint density at radius 3 is 2.75 bits per heavy atom. The van der Waals surface area contributed by atoms with Crippen LogP contribution in [0.2, 0.25) is 0 Å². The SMILES string of the molecule is CNc1ccc(C)cc1C(=O)NCC1CCCCC1C. The Bertz CT molecular complexity index is 470. The maximum Gasteiger partial charge on any atom is 0.253 e. The third-order valence-corrected chi connectivity index (χ3v) is 4.50. The first-order chi connectivity index (χ1) is 9.61. The summed E-state index contributed by atoms with van der Waals surface area (Å²) in [6.45, 7) is 5.12. The number of hydrogen-bond acceptors (Lipinski definition) is 2. The number of carbonyl (C=O) groups is 1. The Kier molecular flexibility index (Phi) is 5.05. The molecule has 110 valence electrons. The Morgan fingerprint density at radius 2 is 2.05 bits per heavy atom. The summed E-state index contributed by atoms with van der Waals surface area (Å²) in [5.41, 5.74) is 2.75. The molecule has 2 unspecified atom stereocenters. The van der Waals surface area contributed by atoms with E-state index >= 15 is 0 Å².